The third kappa shape index (κ3) is 2.64. The van der Waals surface area contributed by atoms with Crippen LogP contribution in [0.3, 0.4) is 0 Å². The van der Waals surface area contributed by atoms with Gasteiger partial charge in [-0.15, -0.1) is 0 Å². The second kappa shape index (κ2) is 5.24. The van der Waals surface area contributed by atoms with Crippen LogP contribution in [0, 0.1) is 12.7 Å². The average Bonchev–Trinajstić information content (AvgIpc) is 2.25. The summed E-state index contributed by atoms with van der Waals surface area (Å²) in [5, 5.41) is 0. The maximum absolute atomic E-state index is 13.4. The summed E-state index contributed by atoms with van der Waals surface area (Å²) in [6.07, 6.45) is 0. The summed E-state index contributed by atoms with van der Waals surface area (Å²) in [5.41, 5.74) is 5.56. The number of aryl methyl sites for hydroxylation is 1. The number of hydrogen-bond donors (Lipinski definition) is 1. The third-order valence-electron chi connectivity index (χ3n) is 2.75. The summed E-state index contributed by atoms with van der Waals surface area (Å²) < 4.78 is 39.5. The third-order valence-corrected chi connectivity index (χ3v) is 4.88. The van der Waals surface area contributed by atoms with Crippen molar-refractivity contribution in [1.82, 2.24) is 4.31 Å². The average molecular weight is 274 g/mol. The Hall–Kier alpha value is -1.14. The van der Waals surface area contributed by atoms with Crippen LogP contribution in [0.1, 0.15) is 26.3 Å². The van der Waals surface area contributed by atoms with E-state index in [2.05, 4.69) is 0 Å². The van der Waals surface area contributed by atoms with Gasteiger partial charge in [0.25, 0.3) is 0 Å². The smallest absolute Gasteiger partial charge is 0.243 e. The number of nitrogen functional groups attached to an aromatic ring is 1. The summed E-state index contributed by atoms with van der Waals surface area (Å²) in [6, 6.07) is 2.32. The van der Waals surface area contributed by atoms with E-state index in [1.807, 2.05) is 0 Å². The normalized spacial score (nSPS) is 12.4. The topological polar surface area (TPSA) is 63.4 Å². The van der Waals surface area contributed by atoms with Gasteiger partial charge in [0.2, 0.25) is 10.0 Å². The minimum atomic E-state index is -3.63. The van der Waals surface area contributed by atoms with Crippen molar-refractivity contribution in [1.29, 1.82) is 0 Å². The summed E-state index contributed by atoms with van der Waals surface area (Å²) in [4.78, 5) is 0.0365. The van der Waals surface area contributed by atoms with Crippen LogP contribution >= 0.6 is 0 Å². The van der Waals surface area contributed by atoms with Gasteiger partial charge in [-0.3, -0.25) is 0 Å². The Morgan fingerprint density at radius 2 is 1.94 bits per heavy atom. The Bertz CT molecular complexity index is 518. The van der Waals surface area contributed by atoms with Crippen molar-refractivity contribution in [3.63, 3.8) is 0 Å². The van der Waals surface area contributed by atoms with Crippen LogP contribution in [-0.4, -0.2) is 25.3 Å². The zero-order chi connectivity index (χ0) is 14.1. The molecule has 18 heavy (non-hydrogen) atoms. The highest BCUT2D eigenvalue weighted by molar-refractivity contribution is 7.89. The van der Waals surface area contributed by atoms with Crippen molar-refractivity contribution >= 4 is 15.7 Å². The van der Waals surface area contributed by atoms with Crippen molar-refractivity contribution in [3.05, 3.63) is 23.5 Å². The lowest BCUT2D eigenvalue weighted by atomic mass is 10.2. The lowest BCUT2D eigenvalue weighted by molar-refractivity contribution is 0.369. The molecule has 6 heteroatoms. The number of anilines is 1. The monoisotopic (exact) mass is 274 g/mol. The summed E-state index contributed by atoms with van der Waals surface area (Å²) in [5.74, 6) is -0.568. The molecule has 1 rings (SSSR count). The Balaban J connectivity index is 3.37. The van der Waals surface area contributed by atoms with Crippen molar-refractivity contribution in [2.24, 2.45) is 0 Å². The van der Waals surface area contributed by atoms with Gasteiger partial charge < -0.3 is 5.73 Å². The first kappa shape index (κ1) is 14.9. The molecule has 0 atom stereocenters. The molecular formula is C12H19FN2O2S. The standard InChI is InChI=1S/C12H19FN2O2S/c1-5-15(8(2)3)18(16,17)10-6-9(4)12(13)11(14)7-10/h6-8H,5,14H2,1-4H3. The van der Waals surface area contributed by atoms with E-state index in [-0.39, 0.29) is 22.2 Å². The minimum absolute atomic E-state index is 0.0365. The lowest BCUT2D eigenvalue weighted by Crippen LogP contribution is -2.36. The summed E-state index contributed by atoms with van der Waals surface area (Å²) in [6.45, 7) is 7.20. The van der Waals surface area contributed by atoms with Gasteiger partial charge in [0, 0.05) is 12.6 Å². The van der Waals surface area contributed by atoms with Gasteiger partial charge in [0.05, 0.1) is 10.6 Å². The molecule has 0 aliphatic carbocycles. The molecule has 2 N–H and O–H groups in total. The fraction of sp³-hybridized carbons (Fsp3) is 0.500. The molecule has 0 bridgehead atoms. The molecule has 0 aromatic heterocycles. The predicted octanol–water partition coefficient (Wildman–Crippen LogP) is 2.14. The van der Waals surface area contributed by atoms with Crippen LogP contribution in [0.2, 0.25) is 0 Å². The Kier molecular flexibility index (Phi) is 4.34. The number of nitrogens with zero attached hydrogens (tertiary/aromatic N) is 1. The maximum Gasteiger partial charge on any atom is 0.243 e. The zero-order valence-electron chi connectivity index (χ0n) is 11.1. The first-order valence-electron chi connectivity index (χ1n) is 5.79. The lowest BCUT2D eigenvalue weighted by Gasteiger charge is -2.24. The van der Waals surface area contributed by atoms with Gasteiger partial charge in [-0.25, -0.2) is 12.8 Å². The second-order valence-corrected chi connectivity index (χ2v) is 6.34. The van der Waals surface area contributed by atoms with E-state index in [4.69, 9.17) is 5.73 Å². The van der Waals surface area contributed by atoms with Crippen molar-refractivity contribution < 1.29 is 12.8 Å². The van der Waals surface area contributed by atoms with Crippen LogP contribution in [0.5, 0.6) is 0 Å². The SMILES string of the molecule is CCN(C(C)C)S(=O)(=O)c1cc(C)c(F)c(N)c1. The summed E-state index contributed by atoms with van der Waals surface area (Å²) >= 11 is 0. The molecule has 4 nitrogen and oxygen atoms in total. The molecule has 1 aromatic carbocycles. The van der Waals surface area contributed by atoms with E-state index in [0.29, 0.717) is 6.54 Å². The Labute approximate surface area is 108 Å². The van der Waals surface area contributed by atoms with E-state index >= 15 is 0 Å². The van der Waals surface area contributed by atoms with Gasteiger partial charge in [-0.1, -0.05) is 6.92 Å². The van der Waals surface area contributed by atoms with Crippen molar-refractivity contribution in [2.45, 2.75) is 38.6 Å². The number of nitrogens with two attached hydrogens (primary N) is 1. The van der Waals surface area contributed by atoms with E-state index in [9.17, 15) is 12.8 Å². The Morgan fingerprint density at radius 1 is 1.39 bits per heavy atom. The molecule has 0 aliphatic heterocycles. The maximum atomic E-state index is 13.4. The number of halogens is 1. The van der Waals surface area contributed by atoms with Crippen LogP contribution < -0.4 is 5.73 Å². The fourth-order valence-corrected chi connectivity index (χ4v) is 3.63. The molecule has 102 valence electrons. The van der Waals surface area contributed by atoms with Crippen LogP contribution in [0.15, 0.2) is 17.0 Å². The van der Waals surface area contributed by atoms with Crippen LogP contribution in [0.25, 0.3) is 0 Å². The molecule has 0 saturated heterocycles. The van der Waals surface area contributed by atoms with Gasteiger partial charge in [-0.05, 0) is 38.5 Å². The van der Waals surface area contributed by atoms with Gasteiger partial charge in [-0.2, -0.15) is 4.31 Å². The highest BCUT2D eigenvalue weighted by atomic mass is 32.2. The molecule has 0 fully saturated rings. The number of rotatable bonds is 4. The van der Waals surface area contributed by atoms with Gasteiger partial charge in [0.1, 0.15) is 5.82 Å². The van der Waals surface area contributed by atoms with Gasteiger partial charge in [0.15, 0.2) is 0 Å². The molecule has 0 radical (unpaired) electrons. The van der Waals surface area contributed by atoms with E-state index in [0.717, 1.165) is 0 Å². The Morgan fingerprint density at radius 3 is 2.33 bits per heavy atom. The molecular weight excluding hydrogens is 255 g/mol. The highest BCUT2D eigenvalue weighted by Crippen LogP contribution is 2.24. The number of benzene rings is 1. The predicted molar refractivity (Wildman–Crippen MR) is 70.3 cm³/mol. The summed E-state index contributed by atoms with van der Waals surface area (Å²) in [7, 11) is -3.63. The van der Waals surface area contributed by atoms with E-state index in [1.165, 1.54) is 23.4 Å². The largest absolute Gasteiger partial charge is 0.396 e. The van der Waals surface area contributed by atoms with Gasteiger partial charge >= 0.3 is 0 Å². The van der Waals surface area contributed by atoms with Crippen LogP contribution in [0.4, 0.5) is 10.1 Å². The fourth-order valence-electron chi connectivity index (χ4n) is 1.86. The van der Waals surface area contributed by atoms with Crippen LogP contribution in [-0.2, 0) is 10.0 Å². The van der Waals surface area contributed by atoms with Crippen molar-refractivity contribution in [3.8, 4) is 0 Å². The quantitative estimate of drug-likeness (QED) is 0.856. The number of sulfonamides is 1. The molecule has 0 amide bonds. The van der Waals surface area contributed by atoms with E-state index in [1.54, 1.807) is 20.8 Å². The molecule has 1 aromatic rings. The second-order valence-electron chi connectivity index (χ2n) is 4.45. The molecule has 0 heterocycles. The first-order chi connectivity index (χ1) is 8.21. The first-order valence-corrected chi connectivity index (χ1v) is 7.23. The molecule has 0 saturated carbocycles. The number of hydrogen-bond acceptors (Lipinski definition) is 3. The van der Waals surface area contributed by atoms with Crippen molar-refractivity contribution in [2.75, 3.05) is 12.3 Å². The highest BCUT2D eigenvalue weighted by Gasteiger charge is 2.26. The minimum Gasteiger partial charge on any atom is -0.396 e. The van der Waals surface area contributed by atoms with E-state index < -0.39 is 15.8 Å². The zero-order valence-corrected chi connectivity index (χ0v) is 11.9. The molecule has 0 unspecified atom stereocenters. The molecule has 0 aliphatic rings. The molecule has 0 spiro atoms.